The van der Waals surface area contributed by atoms with Gasteiger partial charge < -0.3 is 5.73 Å². The summed E-state index contributed by atoms with van der Waals surface area (Å²) >= 11 is 2.99. The van der Waals surface area contributed by atoms with Crippen LogP contribution < -0.4 is 11.3 Å². The predicted molar refractivity (Wildman–Crippen MR) is 109 cm³/mol. The van der Waals surface area contributed by atoms with Crippen molar-refractivity contribution in [2.24, 2.45) is 5.73 Å². The summed E-state index contributed by atoms with van der Waals surface area (Å²) in [5, 5.41) is 1.06. The lowest BCUT2D eigenvalue weighted by Crippen LogP contribution is -2.29. The summed E-state index contributed by atoms with van der Waals surface area (Å²) in [7, 11) is 0. The molecule has 0 saturated heterocycles. The van der Waals surface area contributed by atoms with Crippen molar-refractivity contribution >= 4 is 39.2 Å². The number of nitrogens with two attached hydrogens (primary N) is 1. The molecule has 1 aliphatic carbocycles. The van der Waals surface area contributed by atoms with Gasteiger partial charge in [-0.15, -0.1) is 11.3 Å². The minimum atomic E-state index is -0.368. The summed E-state index contributed by atoms with van der Waals surface area (Å²) < 4.78 is 1.79. The van der Waals surface area contributed by atoms with E-state index in [1.165, 1.54) is 35.0 Å². The van der Waals surface area contributed by atoms with E-state index in [1.807, 2.05) is 13.8 Å². The fraction of sp³-hybridized carbons (Fsp3) is 0.632. The zero-order valence-electron chi connectivity index (χ0n) is 15.7. The number of nitrogens with zero attached hydrogens (tertiary/aromatic N) is 2. The Morgan fingerprint density at radius 3 is 2.65 bits per heavy atom. The second-order valence-electron chi connectivity index (χ2n) is 6.99. The zero-order valence-corrected chi connectivity index (χ0v) is 17.3. The Hall–Kier alpha value is -1.34. The molecule has 26 heavy (non-hydrogen) atoms. The first kappa shape index (κ1) is 19.4. The van der Waals surface area contributed by atoms with Crippen LogP contribution in [0, 0.1) is 0 Å². The van der Waals surface area contributed by atoms with Gasteiger partial charge in [-0.05, 0) is 51.0 Å². The molecule has 2 aromatic rings. The molecule has 0 fully saturated rings. The average molecular weight is 394 g/mol. The van der Waals surface area contributed by atoms with Crippen molar-refractivity contribution in [1.29, 1.82) is 0 Å². The van der Waals surface area contributed by atoms with Crippen molar-refractivity contribution in [1.82, 2.24) is 9.55 Å². The number of amides is 1. The Kier molecular flexibility index (Phi) is 6.07. The topological polar surface area (TPSA) is 78.0 Å². The summed E-state index contributed by atoms with van der Waals surface area (Å²) in [5.41, 5.74) is 6.79. The molecule has 0 radical (unpaired) electrons. The second kappa shape index (κ2) is 8.13. The standard InChI is InChI=1S/C19H27N3O2S2/c1-4-11(3)22-18(24)15-12-9-7-6-8-10-14(12)25-17(15)21-19(22)26-13(5-2)16(20)23/h11,13H,4-10H2,1-3H3,(H2,20,23)/t11-,13+/m0/s1. The Balaban J connectivity index is 2.21. The molecular weight excluding hydrogens is 366 g/mol. The second-order valence-corrected chi connectivity index (χ2v) is 9.24. The molecule has 0 aromatic carbocycles. The molecule has 1 amide bonds. The van der Waals surface area contributed by atoms with Gasteiger partial charge in [0.15, 0.2) is 5.16 Å². The number of aromatic nitrogens is 2. The van der Waals surface area contributed by atoms with Crippen LogP contribution >= 0.6 is 23.1 Å². The van der Waals surface area contributed by atoms with Gasteiger partial charge in [0.05, 0.1) is 10.6 Å². The normalized spacial score (nSPS) is 16.9. The van der Waals surface area contributed by atoms with Crippen molar-refractivity contribution in [3.63, 3.8) is 0 Å². The SMILES string of the molecule is CC[C@@H](Sc1nc2sc3c(c2c(=O)n1[C@@H](C)CC)CCCCC3)C(N)=O. The number of thioether (sulfide) groups is 1. The van der Waals surface area contributed by atoms with Crippen molar-refractivity contribution in [3.8, 4) is 0 Å². The van der Waals surface area contributed by atoms with E-state index in [4.69, 9.17) is 10.7 Å². The number of carbonyl (C=O) groups excluding carboxylic acids is 1. The fourth-order valence-electron chi connectivity index (χ4n) is 3.50. The van der Waals surface area contributed by atoms with E-state index in [-0.39, 0.29) is 22.8 Å². The minimum absolute atomic E-state index is 0.0358. The third kappa shape index (κ3) is 3.56. The smallest absolute Gasteiger partial charge is 0.263 e. The van der Waals surface area contributed by atoms with Gasteiger partial charge in [0.25, 0.3) is 5.56 Å². The van der Waals surface area contributed by atoms with Gasteiger partial charge in [-0.3, -0.25) is 14.2 Å². The molecular formula is C19H27N3O2S2. The number of primary amides is 1. The van der Waals surface area contributed by atoms with Gasteiger partial charge in [0, 0.05) is 10.9 Å². The maximum absolute atomic E-state index is 13.4. The molecule has 1 aliphatic rings. The molecule has 0 spiro atoms. The maximum atomic E-state index is 13.4. The molecule has 0 bridgehead atoms. The van der Waals surface area contributed by atoms with Crippen molar-refractivity contribution in [2.45, 2.75) is 82.2 Å². The number of fused-ring (bicyclic) bond motifs is 3. The molecule has 7 heteroatoms. The Labute approximate surface area is 162 Å². The predicted octanol–water partition coefficient (Wildman–Crippen LogP) is 4.05. The minimum Gasteiger partial charge on any atom is -0.369 e. The van der Waals surface area contributed by atoms with Crippen molar-refractivity contribution in [2.75, 3.05) is 0 Å². The number of hydrogen-bond acceptors (Lipinski definition) is 5. The molecule has 2 aromatic heterocycles. The number of hydrogen-bond donors (Lipinski definition) is 1. The molecule has 2 heterocycles. The molecule has 5 nitrogen and oxygen atoms in total. The van der Waals surface area contributed by atoms with Gasteiger partial charge in [0.2, 0.25) is 5.91 Å². The van der Waals surface area contributed by atoms with E-state index >= 15 is 0 Å². The molecule has 142 valence electrons. The summed E-state index contributed by atoms with van der Waals surface area (Å²) in [4.78, 5) is 32.1. The lowest BCUT2D eigenvalue weighted by Gasteiger charge is -2.19. The fourth-order valence-corrected chi connectivity index (χ4v) is 5.87. The number of thiophene rings is 1. The first-order valence-corrected chi connectivity index (χ1v) is 11.2. The van der Waals surface area contributed by atoms with Crippen LogP contribution in [0.15, 0.2) is 9.95 Å². The Bertz CT molecular complexity index is 872. The summed E-state index contributed by atoms with van der Waals surface area (Å²) in [6, 6.07) is 0.0358. The maximum Gasteiger partial charge on any atom is 0.263 e. The van der Waals surface area contributed by atoms with E-state index in [1.54, 1.807) is 15.9 Å². The Morgan fingerprint density at radius 2 is 2.00 bits per heavy atom. The highest BCUT2D eigenvalue weighted by Gasteiger charge is 2.25. The number of carbonyl (C=O) groups is 1. The Morgan fingerprint density at radius 1 is 1.27 bits per heavy atom. The highest BCUT2D eigenvalue weighted by molar-refractivity contribution is 8.00. The van der Waals surface area contributed by atoms with Gasteiger partial charge in [0.1, 0.15) is 4.83 Å². The highest BCUT2D eigenvalue weighted by Crippen LogP contribution is 2.35. The first-order valence-electron chi connectivity index (χ1n) is 9.50. The lowest BCUT2D eigenvalue weighted by atomic mass is 10.1. The van der Waals surface area contributed by atoms with E-state index in [2.05, 4.69) is 6.92 Å². The summed E-state index contributed by atoms with van der Waals surface area (Å²) in [6.07, 6.45) is 7.01. The van der Waals surface area contributed by atoms with Gasteiger partial charge in [-0.1, -0.05) is 32.0 Å². The monoisotopic (exact) mass is 393 g/mol. The van der Waals surface area contributed by atoms with Crippen LogP contribution in [0.4, 0.5) is 0 Å². The van der Waals surface area contributed by atoms with Gasteiger partial charge >= 0.3 is 0 Å². The van der Waals surface area contributed by atoms with Gasteiger partial charge in [-0.25, -0.2) is 4.98 Å². The van der Waals surface area contributed by atoms with Crippen molar-refractivity contribution < 1.29 is 4.79 Å². The zero-order chi connectivity index (χ0) is 18.8. The third-order valence-electron chi connectivity index (χ3n) is 5.21. The summed E-state index contributed by atoms with van der Waals surface area (Å²) in [6.45, 7) is 6.03. The largest absolute Gasteiger partial charge is 0.369 e. The lowest BCUT2D eigenvalue weighted by molar-refractivity contribution is -0.117. The number of aryl methyl sites for hydroxylation is 2. The van der Waals surface area contributed by atoms with Crippen molar-refractivity contribution in [3.05, 3.63) is 20.8 Å². The average Bonchev–Trinajstić information content (AvgIpc) is 2.80. The van der Waals surface area contributed by atoms with Crippen LogP contribution in [-0.4, -0.2) is 20.7 Å². The van der Waals surface area contributed by atoms with Crippen LogP contribution in [-0.2, 0) is 17.6 Å². The molecule has 2 N–H and O–H groups in total. The van der Waals surface area contributed by atoms with Crippen LogP contribution in [0.3, 0.4) is 0 Å². The number of rotatable bonds is 6. The van der Waals surface area contributed by atoms with Crippen LogP contribution in [0.2, 0.25) is 0 Å². The van der Waals surface area contributed by atoms with Crippen LogP contribution in [0.25, 0.3) is 10.2 Å². The first-order chi connectivity index (χ1) is 12.5. The van der Waals surface area contributed by atoms with Gasteiger partial charge in [-0.2, -0.15) is 0 Å². The molecule has 0 saturated carbocycles. The van der Waals surface area contributed by atoms with E-state index < -0.39 is 0 Å². The molecule has 2 atom stereocenters. The van der Waals surface area contributed by atoms with E-state index in [0.29, 0.717) is 11.6 Å². The molecule has 0 unspecified atom stereocenters. The van der Waals surface area contributed by atoms with Crippen LogP contribution in [0.5, 0.6) is 0 Å². The summed E-state index contributed by atoms with van der Waals surface area (Å²) in [5.74, 6) is -0.357. The highest BCUT2D eigenvalue weighted by atomic mass is 32.2. The quantitative estimate of drug-likeness (QED) is 0.456. The third-order valence-corrected chi connectivity index (χ3v) is 7.74. The van der Waals surface area contributed by atoms with E-state index in [0.717, 1.165) is 35.9 Å². The molecule has 3 rings (SSSR count). The van der Waals surface area contributed by atoms with Crippen LogP contribution in [0.1, 0.15) is 69.4 Å². The molecule has 0 aliphatic heterocycles. The van der Waals surface area contributed by atoms with E-state index in [9.17, 15) is 9.59 Å².